The molecule has 4 nitrogen and oxygen atoms in total. The lowest BCUT2D eigenvalue weighted by atomic mass is 9.86. The monoisotopic (exact) mass is 945 g/mol. The van der Waals surface area contributed by atoms with Gasteiger partial charge in [-0.3, -0.25) is 0 Å². The van der Waals surface area contributed by atoms with Crippen LogP contribution in [0.1, 0.15) is 105 Å². The third-order valence-corrected chi connectivity index (χ3v) is 16.1. The minimum atomic E-state index is 0.0340. The van der Waals surface area contributed by atoms with Crippen LogP contribution in [0.3, 0.4) is 0 Å². The second-order valence-corrected chi connectivity index (χ2v) is 25.0. The van der Waals surface area contributed by atoms with E-state index in [9.17, 15) is 0 Å². The Morgan fingerprint density at radius 3 is 1.38 bits per heavy atom. The molecule has 0 unspecified atom stereocenters. The zero-order valence-corrected chi connectivity index (χ0v) is 44.1. The first-order valence-electron chi connectivity index (χ1n) is 25.2. The highest BCUT2D eigenvalue weighted by Gasteiger charge is 2.30. The predicted octanol–water partition coefficient (Wildman–Crippen LogP) is 20.1. The van der Waals surface area contributed by atoms with E-state index in [1.165, 1.54) is 64.2 Å². The zero-order valence-electron chi connectivity index (χ0n) is 43.2. The van der Waals surface area contributed by atoms with Crippen LogP contribution in [0.2, 0.25) is 0 Å². The van der Waals surface area contributed by atoms with Crippen LogP contribution in [0.25, 0.3) is 69.4 Å². The standard InChI is InChI=1S/C66H63N3OS/c1-63(2,3)42-18-27-46(28-19-42)67(47-29-20-43(21-30-47)64(4,5)6)50-26-17-40-39-56-53(38-41(40)37-50)60-62(71-56)52-35-36-54(57-58(52)69(60)59-51-15-13-14-16-55(51)70-61(57)59)68(48-31-22-44(23-32-48)65(7,8)9)49-33-24-45(25-34-49)66(10,11)12/h13-39H,1-12H3. The molecule has 4 aromatic heterocycles. The summed E-state index contributed by atoms with van der Waals surface area (Å²) >= 11 is 1.90. The van der Waals surface area contributed by atoms with Crippen molar-refractivity contribution >= 4 is 115 Å². The molecule has 0 spiro atoms. The van der Waals surface area contributed by atoms with Crippen molar-refractivity contribution in [1.29, 1.82) is 0 Å². The topological polar surface area (TPSA) is 24.0 Å². The van der Waals surface area contributed by atoms with Gasteiger partial charge in [0.1, 0.15) is 11.1 Å². The molecule has 0 bridgehead atoms. The van der Waals surface area contributed by atoms with Gasteiger partial charge in [-0.2, -0.15) is 0 Å². The number of thiophene rings is 1. The first-order valence-corrected chi connectivity index (χ1v) is 26.1. The van der Waals surface area contributed by atoms with E-state index in [4.69, 9.17) is 4.42 Å². The maximum atomic E-state index is 7.07. The molecule has 0 fully saturated rings. The molecule has 0 amide bonds. The van der Waals surface area contributed by atoms with Gasteiger partial charge in [-0.1, -0.05) is 150 Å². The normalized spacial score (nSPS) is 13.1. The molecular weight excluding hydrogens is 883 g/mol. The molecule has 0 aliphatic carbocycles. The maximum Gasteiger partial charge on any atom is 0.163 e. The third kappa shape index (κ3) is 7.38. The van der Waals surface area contributed by atoms with E-state index in [1.807, 2.05) is 11.3 Å². The molecular formula is C66H63N3OS. The number of furan rings is 1. The average molecular weight is 946 g/mol. The fraction of sp³-hybridized carbons (Fsp3) is 0.242. The van der Waals surface area contributed by atoms with Crippen molar-refractivity contribution in [2.45, 2.75) is 105 Å². The summed E-state index contributed by atoms with van der Waals surface area (Å²) in [5.41, 5.74) is 17.5. The number of fused-ring (bicyclic) bond motifs is 11. The van der Waals surface area contributed by atoms with E-state index in [0.29, 0.717) is 0 Å². The molecule has 0 saturated carbocycles. The smallest absolute Gasteiger partial charge is 0.163 e. The first kappa shape index (κ1) is 45.1. The second-order valence-electron chi connectivity index (χ2n) is 24.0. The summed E-state index contributed by atoms with van der Waals surface area (Å²) in [5.74, 6) is 0. The van der Waals surface area contributed by atoms with Crippen molar-refractivity contribution in [3.63, 3.8) is 0 Å². The number of nitrogens with zero attached hydrogens (tertiary/aromatic N) is 3. The molecule has 71 heavy (non-hydrogen) atoms. The summed E-state index contributed by atoms with van der Waals surface area (Å²) in [7, 11) is 0. The highest BCUT2D eigenvalue weighted by atomic mass is 32.1. The molecule has 0 N–H and O–H groups in total. The molecule has 5 heteroatoms. The fourth-order valence-corrected chi connectivity index (χ4v) is 12.1. The van der Waals surface area contributed by atoms with E-state index in [2.05, 4.69) is 261 Å². The number of anilines is 6. The van der Waals surface area contributed by atoms with Crippen LogP contribution >= 0.6 is 11.3 Å². The Morgan fingerprint density at radius 1 is 0.394 bits per heavy atom. The van der Waals surface area contributed by atoms with Gasteiger partial charge in [0, 0.05) is 49.3 Å². The number of hydrogen-bond acceptors (Lipinski definition) is 4. The molecule has 12 rings (SSSR count). The molecule has 0 radical (unpaired) electrons. The van der Waals surface area contributed by atoms with Crippen molar-refractivity contribution < 1.29 is 4.42 Å². The Labute approximate surface area is 422 Å². The molecule has 12 aromatic rings. The summed E-state index contributed by atoms with van der Waals surface area (Å²) in [5, 5.41) is 7.17. The lowest BCUT2D eigenvalue weighted by molar-refractivity contribution is 0.590. The minimum absolute atomic E-state index is 0.0340. The van der Waals surface area contributed by atoms with Crippen LogP contribution in [0.5, 0.6) is 0 Å². The number of benzene rings is 8. The lowest BCUT2D eigenvalue weighted by Crippen LogP contribution is -2.14. The molecule has 8 aromatic carbocycles. The minimum Gasteiger partial charge on any atom is -0.454 e. The van der Waals surface area contributed by atoms with Gasteiger partial charge in [0.05, 0.1) is 26.8 Å². The van der Waals surface area contributed by atoms with Gasteiger partial charge in [0.2, 0.25) is 0 Å². The maximum absolute atomic E-state index is 7.07. The Balaban J connectivity index is 1.09. The Bertz CT molecular complexity index is 3870. The van der Waals surface area contributed by atoms with Crippen molar-refractivity contribution in [3.8, 4) is 0 Å². The van der Waals surface area contributed by atoms with Gasteiger partial charge in [-0.25, -0.2) is 0 Å². The van der Waals surface area contributed by atoms with E-state index < -0.39 is 0 Å². The summed E-state index contributed by atoms with van der Waals surface area (Å²) in [6, 6.07) is 61.7. The highest BCUT2D eigenvalue weighted by Crippen LogP contribution is 2.53. The Hall–Kier alpha value is -7.08. The SMILES string of the molecule is CC(C)(C)c1ccc(N(c2ccc(C(C)(C)C)cc2)c2ccc3cc4sc5c6ccc(N(c7ccc(C(C)(C)C)cc7)c7ccc(C(C)(C)C)cc7)c7c8oc9ccccc9c8n(c5c4cc3c2)c67)cc1. The largest absolute Gasteiger partial charge is 0.454 e. The van der Waals surface area contributed by atoms with Crippen LogP contribution in [0.4, 0.5) is 34.1 Å². The molecule has 0 aliphatic heterocycles. The van der Waals surface area contributed by atoms with E-state index in [0.717, 1.165) is 61.6 Å². The molecule has 4 heterocycles. The van der Waals surface area contributed by atoms with Gasteiger partial charge in [-0.15, -0.1) is 11.3 Å². The molecule has 0 aliphatic rings. The van der Waals surface area contributed by atoms with Gasteiger partial charge < -0.3 is 18.6 Å². The molecule has 354 valence electrons. The highest BCUT2D eigenvalue weighted by molar-refractivity contribution is 7.26. The summed E-state index contributed by atoms with van der Waals surface area (Å²) in [4.78, 5) is 4.85. The Morgan fingerprint density at radius 2 is 0.873 bits per heavy atom. The Kier molecular flexibility index (Phi) is 9.98. The fourth-order valence-electron chi connectivity index (χ4n) is 10.8. The van der Waals surface area contributed by atoms with Crippen molar-refractivity contribution in [2.24, 2.45) is 0 Å². The third-order valence-electron chi connectivity index (χ3n) is 14.9. The van der Waals surface area contributed by atoms with E-state index >= 15 is 0 Å². The van der Waals surface area contributed by atoms with Crippen LogP contribution in [0.15, 0.2) is 168 Å². The van der Waals surface area contributed by atoms with Crippen LogP contribution in [-0.2, 0) is 21.7 Å². The van der Waals surface area contributed by atoms with Gasteiger partial charge in [-0.05, 0) is 152 Å². The average Bonchev–Trinajstić information content (AvgIpc) is 4.06. The number of aromatic nitrogens is 1. The quantitative estimate of drug-likeness (QED) is 0.166. The second kappa shape index (κ2) is 15.7. The van der Waals surface area contributed by atoms with Gasteiger partial charge in [0.25, 0.3) is 0 Å². The van der Waals surface area contributed by atoms with Crippen LogP contribution in [-0.4, -0.2) is 4.40 Å². The summed E-state index contributed by atoms with van der Waals surface area (Å²) in [6.45, 7) is 27.4. The van der Waals surface area contributed by atoms with E-state index in [-0.39, 0.29) is 21.7 Å². The van der Waals surface area contributed by atoms with Crippen LogP contribution < -0.4 is 9.80 Å². The van der Waals surface area contributed by atoms with Crippen molar-refractivity contribution in [3.05, 3.63) is 186 Å². The lowest BCUT2D eigenvalue weighted by Gasteiger charge is -2.28. The number of hydrogen-bond donors (Lipinski definition) is 0. The zero-order chi connectivity index (χ0) is 49.5. The summed E-state index contributed by atoms with van der Waals surface area (Å²) < 4.78 is 12.2. The first-order chi connectivity index (χ1) is 33.7. The van der Waals surface area contributed by atoms with Crippen molar-refractivity contribution in [2.75, 3.05) is 9.80 Å². The van der Waals surface area contributed by atoms with E-state index in [1.54, 1.807) is 0 Å². The van der Waals surface area contributed by atoms with Crippen molar-refractivity contribution in [1.82, 2.24) is 4.40 Å². The number of para-hydroxylation sites is 1. The van der Waals surface area contributed by atoms with Gasteiger partial charge in [0.15, 0.2) is 5.58 Å². The summed E-state index contributed by atoms with van der Waals surface area (Å²) in [6.07, 6.45) is 0. The predicted molar refractivity (Wildman–Crippen MR) is 308 cm³/mol. The van der Waals surface area contributed by atoms with Gasteiger partial charge >= 0.3 is 0 Å². The molecule has 0 atom stereocenters. The number of rotatable bonds is 6. The molecule has 0 saturated heterocycles. The van der Waals surface area contributed by atoms with Crippen LogP contribution in [0, 0.1) is 0 Å².